The van der Waals surface area contributed by atoms with Crippen LogP contribution in [0.5, 0.6) is 0 Å². The van der Waals surface area contributed by atoms with Crippen molar-refractivity contribution >= 4 is 35.5 Å². The van der Waals surface area contributed by atoms with Crippen molar-refractivity contribution in [2.24, 2.45) is 4.99 Å². The van der Waals surface area contributed by atoms with E-state index in [0.717, 1.165) is 4.90 Å². The lowest BCUT2D eigenvalue weighted by atomic mass is 10.3. The first-order chi connectivity index (χ1) is 14.8. The summed E-state index contributed by atoms with van der Waals surface area (Å²) in [7, 11) is 1.47. The van der Waals surface area contributed by atoms with Gasteiger partial charge in [-0.3, -0.25) is 9.78 Å². The topological polar surface area (TPSA) is 129 Å². The van der Waals surface area contributed by atoms with Gasteiger partial charge in [-0.05, 0) is 13.0 Å². The number of halogens is 1. The number of hydrogen-bond donors (Lipinski definition) is 1. The predicted octanol–water partition coefficient (Wildman–Crippen LogP) is 2.44. The summed E-state index contributed by atoms with van der Waals surface area (Å²) < 4.78 is 5.59. The molecule has 0 saturated carbocycles. The molecule has 2 aliphatic rings. The van der Waals surface area contributed by atoms with Gasteiger partial charge in [-0.1, -0.05) is 17.7 Å². The second-order valence-electron chi connectivity index (χ2n) is 6.66. The van der Waals surface area contributed by atoms with Crippen LogP contribution in [0.15, 0.2) is 40.8 Å². The highest BCUT2D eigenvalue weighted by molar-refractivity contribution is 6.29. The fourth-order valence-electron chi connectivity index (χ4n) is 2.96. The second-order valence-corrected chi connectivity index (χ2v) is 7.14. The predicted molar refractivity (Wildman–Crippen MR) is 110 cm³/mol. The third kappa shape index (κ3) is 4.82. The van der Waals surface area contributed by atoms with Crippen LogP contribution in [0.1, 0.15) is 35.8 Å². The van der Waals surface area contributed by atoms with Crippen LogP contribution in [-0.4, -0.2) is 80.4 Å². The van der Waals surface area contributed by atoms with Crippen molar-refractivity contribution in [3.05, 3.63) is 47.2 Å². The minimum Gasteiger partial charge on any atom is -0.465 e. The molecule has 2 aliphatic heterocycles. The highest BCUT2D eigenvalue weighted by Crippen LogP contribution is 2.33. The van der Waals surface area contributed by atoms with Gasteiger partial charge in [0.25, 0.3) is 5.91 Å². The lowest BCUT2D eigenvalue weighted by Gasteiger charge is -2.27. The molecule has 1 N–H and O–H groups in total. The number of nitrogens with zero attached hydrogens (tertiary/aromatic N) is 6. The summed E-state index contributed by atoms with van der Waals surface area (Å²) in [6.07, 6.45) is 4.97. The summed E-state index contributed by atoms with van der Waals surface area (Å²) in [6.45, 7) is 2.20. The Morgan fingerprint density at radius 3 is 2.77 bits per heavy atom. The van der Waals surface area contributed by atoms with E-state index in [1.807, 2.05) is 0 Å². The second kappa shape index (κ2) is 9.56. The zero-order chi connectivity index (χ0) is 22.5. The van der Waals surface area contributed by atoms with Crippen molar-refractivity contribution in [1.29, 1.82) is 0 Å². The standard InChI is InChI=1S/C19H21ClN6O5/c1-3-25(18(28)29)10-9-24(2)19(30)31-17-15-14(21-7-8-22-15)16(27)26(17)13-6-4-5-12(20)11-23-13/h4,6-8,11,17H,3,5,9-10H2,1-2H3,(H,28,29)/t17-/m0/s1. The maximum atomic E-state index is 13.0. The van der Waals surface area contributed by atoms with Gasteiger partial charge in [0.1, 0.15) is 11.5 Å². The molecule has 0 aromatic carbocycles. The molecule has 0 spiro atoms. The number of aliphatic imine (C=N–C) groups is 1. The van der Waals surface area contributed by atoms with E-state index >= 15 is 0 Å². The Labute approximate surface area is 183 Å². The number of aromatic nitrogens is 2. The normalized spacial score (nSPS) is 17.5. The molecular formula is C19H21ClN6O5. The molecule has 31 heavy (non-hydrogen) atoms. The van der Waals surface area contributed by atoms with Crippen LogP contribution in [0.3, 0.4) is 0 Å². The number of carbonyl (C=O) groups is 3. The SMILES string of the molecule is CCN(CCN(C)C(=O)O[C@H]1c2nccnc2C(=O)N1C1=NC=C(Cl)CC=C1)C(=O)O. The summed E-state index contributed by atoms with van der Waals surface area (Å²) in [4.78, 5) is 52.8. The molecule has 1 atom stereocenters. The Morgan fingerprint density at radius 1 is 1.32 bits per heavy atom. The van der Waals surface area contributed by atoms with Crippen molar-refractivity contribution in [2.75, 3.05) is 26.7 Å². The van der Waals surface area contributed by atoms with E-state index in [1.54, 1.807) is 19.1 Å². The fourth-order valence-corrected chi connectivity index (χ4v) is 3.10. The molecule has 1 aromatic rings. The first-order valence-electron chi connectivity index (χ1n) is 9.46. The van der Waals surface area contributed by atoms with E-state index in [4.69, 9.17) is 21.4 Å². The average molecular weight is 449 g/mol. The highest BCUT2D eigenvalue weighted by Gasteiger charge is 2.44. The van der Waals surface area contributed by atoms with Gasteiger partial charge in [0.05, 0.1) is 0 Å². The van der Waals surface area contributed by atoms with Gasteiger partial charge < -0.3 is 19.6 Å². The third-order valence-corrected chi connectivity index (χ3v) is 4.91. The molecule has 0 saturated heterocycles. The number of amidine groups is 1. The van der Waals surface area contributed by atoms with Gasteiger partial charge in [0.15, 0.2) is 5.69 Å². The van der Waals surface area contributed by atoms with Crippen molar-refractivity contribution in [3.63, 3.8) is 0 Å². The first-order valence-corrected chi connectivity index (χ1v) is 9.84. The average Bonchev–Trinajstić information content (AvgIpc) is 2.88. The maximum Gasteiger partial charge on any atom is 0.411 e. The third-order valence-electron chi connectivity index (χ3n) is 4.66. The summed E-state index contributed by atoms with van der Waals surface area (Å²) in [5.41, 5.74) is 0.242. The zero-order valence-corrected chi connectivity index (χ0v) is 17.7. The van der Waals surface area contributed by atoms with E-state index in [1.165, 1.54) is 35.4 Å². The van der Waals surface area contributed by atoms with Gasteiger partial charge in [-0.15, -0.1) is 0 Å². The van der Waals surface area contributed by atoms with Crippen LogP contribution in [0, 0.1) is 0 Å². The smallest absolute Gasteiger partial charge is 0.411 e. The molecule has 0 unspecified atom stereocenters. The van der Waals surface area contributed by atoms with E-state index < -0.39 is 24.3 Å². The van der Waals surface area contributed by atoms with Crippen LogP contribution >= 0.6 is 11.6 Å². The molecule has 3 rings (SSSR count). The Balaban J connectivity index is 1.82. The van der Waals surface area contributed by atoms with E-state index in [0.29, 0.717) is 11.5 Å². The van der Waals surface area contributed by atoms with E-state index in [9.17, 15) is 14.4 Å². The number of likely N-dealkylation sites (N-methyl/N-ethyl adjacent to an activating group) is 2. The zero-order valence-electron chi connectivity index (χ0n) is 16.9. The van der Waals surface area contributed by atoms with Crippen molar-refractivity contribution in [3.8, 4) is 0 Å². The molecule has 3 amide bonds. The molecule has 12 heteroatoms. The minimum absolute atomic E-state index is 0.0569. The molecule has 164 valence electrons. The van der Waals surface area contributed by atoms with Gasteiger partial charge >= 0.3 is 12.2 Å². The van der Waals surface area contributed by atoms with Gasteiger partial charge in [-0.25, -0.2) is 24.5 Å². The number of rotatable bonds is 5. The number of allylic oxidation sites excluding steroid dienone is 2. The van der Waals surface area contributed by atoms with Crippen LogP contribution in [-0.2, 0) is 4.74 Å². The molecular weight excluding hydrogens is 428 g/mol. The number of amides is 3. The lowest BCUT2D eigenvalue weighted by molar-refractivity contribution is 0.0135. The van der Waals surface area contributed by atoms with Gasteiger partial charge in [0, 0.05) is 56.7 Å². The van der Waals surface area contributed by atoms with Crippen molar-refractivity contribution < 1.29 is 24.2 Å². The molecule has 0 radical (unpaired) electrons. The van der Waals surface area contributed by atoms with Crippen LogP contribution in [0.4, 0.5) is 9.59 Å². The number of hydrogen-bond acceptors (Lipinski definition) is 7. The maximum absolute atomic E-state index is 13.0. The number of carbonyl (C=O) groups excluding carboxylic acids is 2. The van der Waals surface area contributed by atoms with Crippen LogP contribution in [0.25, 0.3) is 0 Å². The highest BCUT2D eigenvalue weighted by atomic mass is 35.5. The number of fused-ring (bicyclic) bond motifs is 1. The van der Waals surface area contributed by atoms with Crippen molar-refractivity contribution in [2.45, 2.75) is 19.6 Å². The van der Waals surface area contributed by atoms with Gasteiger partial charge in [-0.2, -0.15) is 0 Å². The molecule has 3 heterocycles. The summed E-state index contributed by atoms with van der Waals surface area (Å²) in [6, 6.07) is 0. The Kier molecular flexibility index (Phi) is 6.85. The molecule has 0 aliphatic carbocycles. The van der Waals surface area contributed by atoms with E-state index in [-0.39, 0.29) is 36.9 Å². The first kappa shape index (κ1) is 22.2. The Bertz CT molecular complexity index is 978. The Morgan fingerprint density at radius 2 is 2.06 bits per heavy atom. The largest absolute Gasteiger partial charge is 0.465 e. The summed E-state index contributed by atoms with van der Waals surface area (Å²) >= 11 is 6.01. The Hall–Kier alpha value is -3.47. The monoisotopic (exact) mass is 448 g/mol. The number of carboxylic acid groups (broad SMARTS) is 1. The molecule has 0 fully saturated rings. The summed E-state index contributed by atoms with van der Waals surface area (Å²) in [5, 5.41) is 9.60. The van der Waals surface area contributed by atoms with Gasteiger partial charge in [0.2, 0.25) is 6.23 Å². The van der Waals surface area contributed by atoms with Crippen LogP contribution < -0.4 is 0 Å². The molecule has 0 bridgehead atoms. The van der Waals surface area contributed by atoms with Crippen LogP contribution in [0.2, 0.25) is 0 Å². The molecule has 11 nitrogen and oxygen atoms in total. The lowest BCUT2D eigenvalue weighted by Crippen LogP contribution is -2.41. The van der Waals surface area contributed by atoms with E-state index in [2.05, 4.69) is 15.0 Å². The summed E-state index contributed by atoms with van der Waals surface area (Å²) in [5.74, 6) is -0.287. The minimum atomic E-state index is -1.18. The molecule has 1 aromatic heterocycles. The quantitative estimate of drug-likeness (QED) is 0.732. The number of ether oxygens (including phenoxy) is 1. The van der Waals surface area contributed by atoms with Crippen molar-refractivity contribution in [1.82, 2.24) is 24.7 Å². The fraction of sp³-hybridized carbons (Fsp3) is 0.368.